The normalized spacial score (nSPS) is 19.9. The van der Waals surface area contributed by atoms with Crippen LogP contribution in [0.1, 0.15) is 74.8 Å². The van der Waals surface area contributed by atoms with Crippen molar-refractivity contribution in [3.63, 3.8) is 0 Å². The molecule has 0 amide bonds. The van der Waals surface area contributed by atoms with E-state index in [9.17, 15) is 13.2 Å². The highest BCUT2D eigenvalue weighted by Gasteiger charge is 2.27. The Morgan fingerprint density at radius 3 is 2.26 bits per heavy atom. The van der Waals surface area contributed by atoms with Crippen molar-refractivity contribution in [3.05, 3.63) is 59.2 Å². The molecular formula is C22H26F3NO. The molecule has 1 heterocycles. The van der Waals surface area contributed by atoms with E-state index in [0.717, 1.165) is 50.5 Å². The molecule has 1 fully saturated rings. The zero-order valence-corrected chi connectivity index (χ0v) is 15.7. The predicted molar refractivity (Wildman–Crippen MR) is 99.5 cm³/mol. The first-order valence-electron chi connectivity index (χ1n) is 9.82. The summed E-state index contributed by atoms with van der Waals surface area (Å²) in [4.78, 5) is 3.05. The van der Waals surface area contributed by atoms with Crippen LogP contribution >= 0.6 is 0 Å². The summed E-state index contributed by atoms with van der Waals surface area (Å²) in [6.45, 7) is 2.91. The Bertz CT molecular complexity index is 740. The fraction of sp³-hybridized carbons (Fsp3) is 0.500. The predicted octanol–water partition coefficient (Wildman–Crippen LogP) is 6.51. The van der Waals surface area contributed by atoms with Gasteiger partial charge in [-0.25, -0.2) is 4.39 Å². The topological polar surface area (TPSA) is 22.1 Å². The van der Waals surface area contributed by atoms with E-state index in [-0.39, 0.29) is 11.5 Å². The molecule has 2 aromatic rings. The molecule has 146 valence electrons. The first kappa shape index (κ1) is 19.7. The zero-order valence-electron chi connectivity index (χ0n) is 15.7. The van der Waals surface area contributed by atoms with Crippen molar-refractivity contribution in [3.8, 4) is 5.75 Å². The minimum Gasteiger partial charge on any atom is -0.494 e. The lowest BCUT2D eigenvalue weighted by atomic mass is 9.76. The van der Waals surface area contributed by atoms with Gasteiger partial charge in [-0.3, -0.25) is 0 Å². The first-order chi connectivity index (χ1) is 13.1. The summed E-state index contributed by atoms with van der Waals surface area (Å²) < 4.78 is 46.1. The molecule has 0 bridgehead atoms. The smallest absolute Gasteiger partial charge is 0.251 e. The van der Waals surface area contributed by atoms with E-state index in [1.165, 1.54) is 18.4 Å². The van der Waals surface area contributed by atoms with E-state index >= 15 is 0 Å². The average Bonchev–Trinajstić information content (AvgIpc) is 2.69. The van der Waals surface area contributed by atoms with Gasteiger partial charge in [-0.15, -0.1) is 0 Å². The van der Waals surface area contributed by atoms with Gasteiger partial charge in [0.25, 0.3) is 5.95 Å². The Morgan fingerprint density at radius 1 is 0.926 bits per heavy atom. The van der Waals surface area contributed by atoms with Gasteiger partial charge in [0.1, 0.15) is 5.75 Å². The lowest BCUT2D eigenvalue weighted by Gasteiger charge is -2.29. The maximum absolute atomic E-state index is 13.9. The Labute approximate surface area is 158 Å². The number of rotatable bonds is 7. The van der Waals surface area contributed by atoms with Crippen molar-refractivity contribution in [2.45, 2.75) is 63.7 Å². The number of nitrogens with zero attached hydrogens (tertiary/aromatic N) is 1. The highest BCUT2D eigenvalue weighted by Crippen LogP contribution is 2.41. The summed E-state index contributed by atoms with van der Waals surface area (Å²) >= 11 is 0. The van der Waals surface area contributed by atoms with Crippen molar-refractivity contribution < 1.29 is 17.9 Å². The van der Waals surface area contributed by atoms with E-state index in [1.54, 1.807) is 0 Å². The average molecular weight is 377 g/mol. The molecule has 2 nitrogen and oxygen atoms in total. The quantitative estimate of drug-likeness (QED) is 0.405. The zero-order chi connectivity index (χ0) is 19.2. The molecule has 1 aromatic heterocycles. The summed E-state index contributed by atoms with van der Waals surface area (Å²) in [7, 11) is 0. The van der Waals surface area contributed by atoms with Crippen LogP contribution in [0, 0.1) is 17.7 Å². The summed E-state index contributed by atoms with van der Waals surface area (Å²) in [5.74, 6) is -2.16. The molecule has 1 aliphatic carbocycles. The number of benzene rings is 1. The summed E-state index contributed by atoms with van der Waals surface area (Å²) in [5, 5.41) is 0. The second-order valence-electron chi connectivity index (χ2n) is 7.31. The molecule has 0 atom stereocenters. The Balaban J connectivity index is 1.55. The number of pyridine rings is 1. The summed E-state index contributed by atoms with van der Waals surface area (Å²) in [6.07, 6.45) is 6.68. The lowest BCUT2D eigenvalue weighted by molar-refractivity contribution is 0.306. The molecule has 0 N–H and O–H groups in total. The fourth-order valence-electron chi connectivity index (χ4n) is 3.86. The van der Waals surface area contributed by atoms with Crippen molar-refractivity contribution in [2.24, 2.45) is 0 Å². The van der Waals surface area contributed by atoms with Crippen molar-refractivity contribution in [2.75, 3.05) is 6.61 Å². The van der Waals surface area contributed by atoms with Gasteiger partial charge in [-0.05, 0) is 67.7 Å². The van der Waals surface area contributed by atoms with Crippen LogP contribution in [0.3, 0.4) is 0 Å². The fourth-order valence-corrected chi connectivity index (χ4v) is 3.86. The first-order valence-corrected chi connectivity index (χ1v) is 9.82. The highest BCUT2D eigenvalue weighted by molar-refractivity contribution is 5.30. The van der Waals surface area contributed by atoms with Gasteiger partial charge in [0.05, 0.1) is 6.61 Å². The Kier molecular flexibility index (Phi) is 6.75. The van der Waals surface area contributed by atoms with Crippen LogP contribution < -0.4 is 4.74 Å². The SMILES string of the molecule is CCCCCOc1ccc([C@H]2CC[C@H](c3cc(F)c(F)nc3F)CC2)cc1. The van der Waals surface area contributed by atoms with Gasteiger partial charge in [0.2, 0.25) is 5.95 Å². The van der Waals surface area contributed by atoms with Gasteiger partial charge in [0.15, 0.2) is 5.82 Å². The summed E-state index contributed by atoms with van der Waals surface area (Å²) in [5.41, 5.74) is 1.45. The maximum atomic E-state index is 13.9. The largest absolute Gasteiger partial charge is 0.494 e. The van der Waals surface area contributed by atoms with Crippen molar-refractivity contribution in [1.29, 1.82) is 0 Å². The van der Waals surface area contributed by atoms with E-state index in [2.05, 4.69) is 24.0 Å². The summed E-state index contributed by atoms with van der Waals surface area (Å²) in [6, 6.07) is 9.17. The van der Waals surface area contributed by atoms with Crippen LogP contribution in [0.2, 0.25) is 0 Å². The van der Waals surface area contributed by atoms with E-state index in [0.29, 0.717) is 5.92 Å². The molecule has 5 heteroatoms. The molecule has 1 aliphatic rings. The van der Waals surface area contributed by atoms with Gasteiger partial charge >= 0.3 is 0 Å². The third-order valence-electron chi connectivity index (χ3n) is 5.45. The monoisotopic (exact) mass is 377 g/mol. The lowest BCUT2D eigenvalue weighted by Crippen LogP contribution is -2.14. The Morgan fingerprint density at radius 2 is 1.59 bits per heavy atom. The second kappa shape index (κ2) is 9.25. The Hall–Kier alpha value is -2.04. The number of aromatic nitrogens is 1. The molecule has 0 unspecified atom stereocenters. The van der Waals surface area contributed by atoms with Crippen molar-refractivity contribution in [1.82, 2.24) is 4.98 Å². The minimum absolute atomic E-state index is 0.106. The van der Waals surface area contributed by atoms with Crippen LogP contribution in [-0.2, 0) is 0 Å². The molecule has 0 radical (unpaired) electrons. The molecule has 1 saturated carbocycles. The molecule has 3 rings (SSSR count). The minimum atomic E-state index is -1.37. The maximum Gasteiger partial charge on any atom is 0.251 e. The van der Waals surface area contributed by atoms with Crippen LogP contribution in [-0.4, -0.2) is 11.6 Å². The van der Waals surface area contributed by atoms with Gasteiger partial charge in [0, 0.05) is 5.56 Å². The van der Waals surface area contributed by atoms with Gasteiger partial charge < -0.3 is 4.74 Å². The molecule has 1 aromatic carbocycles. The van der Waals surface area contributed by atoms with E-state index in [4.69, 9.17) is 4.74 Å². The second-order valence-corrected chi connectivity index (χ2v) is 7.31. The molecule has 0 saturated heterocycles. The number of halogens is 3. The van der Waals surface area contributed by atoms with Crippen molar-refractivity contribution >= 4 is 0 Å². The van der Waals surface area contributed by atoms with Crippen LogP contribution in [0.15, 0.2) is 30.3 Å². The highest BCUT2D eigenvalue weighted by atomic mass is 19.2. The third-order valence-corrected chi connectivity index (χ3v) is 5.45. The van der Waals surface area contributed by atoms with Gasteiger partial charge in [-0.2, -0.15) is 13.8 Å². The van der Waals surface area contributed by atoms with Crippen LogP contribution in [0.25, 0.3) is 0 Å². The van der Waals surface area contributed by atoms with E-state index < -0.39 is 17.7 Å². The van der Waals surface area contributed by atoms with Gasteiger partial charge in [-0.1, -0.05) is 31.9 Å². The molecule has 27 heavy (non-hydrogen) atoms. The van der Waals surface area contributed by atoms with E-state index in [1.807, 2.05) is 12.1 Å². The molecule has 0 aliphatic heterocycles. The molecular weight excluding hydrogens is 351 g/mol. The number of hydrogen-bond donors (Lipinski definition) is 0. The standard InChI is InChI=1S/C22H26F3NO/c1-2-3-4-13-27-18-11-9-16(10-12-18)15-5-7-17(8-6-15)19-14-20(23)22(25)26-21(19)24/h9-12,14-15,17H,2-8,13H2,1H3/t15-,17-. The van der Waals surface area contributed by atoms with Crippen LogP contribution in [0.5, 0.6) is 5.75 Å². The molecule has 0 spiro atoms. The number of ether oxygens (including phenoxy) is 1. The third kappa shape index (κ3) is 5.02. The van der Waals surface area contributed by atoms with Crippen LogP contribution in [0.4, 0.5) is 13.2 Å². The number of unbranched alkanes of at least 4 members (excludes halogenated alkanes) is 2. The number of hydrogen-bond acceptors (Lipinski definition) is 2.